The van der Waals surface area contributed by atoms with E-state index in [-0.39, 0.29) is 0 Å². The van der Waals surface area contributed by atoms with Crippen molar-refractivity contribution in [3.05, 3.63) is 47.2 Å². The van der Waals surface area contributed by atoms with Crippen LogP contribution in [0.4, 0.5) is 17.5 Å². The van der Waals surface area contributed by atoms with Crippen molar-refractivity contribution < 1.29 is 0 Å². The highest BCUT2D eigenvalue weighted by molar-refractivity contribution is 6.31. The molecule has 1 saturated heterocycles. The standard InChI is InChI=1S/C21H26ClN7/c1-15-13-20(29-11-9-28(2)10-12-29)27-21(26-15)25-8-7-24-18-5-6-23-19-14-16(22)3-4-17(18)19/h3-6,13-14H,7-12H2,1-2H3,(H,23,24)(H,25,26,27). The summed E-state index contributed by atoms with van der Waals surface area (Å²) in [5.74, 6) is 1.67. The Morgan fingerprint density at radius 3 is 2.62 bits per heavy atom. The number of rotatable bonds is 6. The first-order valence-corrected chi connectivity index (χ1v) is 10.3. The molecule has 29 heavy (non-hydrogen) atoms. The molecule has 0 radical (unpaired) electrons. The van der Waals surface area contributed by atoms with E-state index in [1.165, 1.54) is 0 Å². The van der Waals surface area contributed by atoms with Crippen LogP contribution in [-0.4, -0.2) is 66.2 Å². The first-order valence-electron chi connectivity index (χ1n) is 9.90. The van der Waals surface area contributed by atoms with Crippen molar-refractivity contribution in [3.8, 4) is 0 Å². The summed E-state index contributed by atoms with van der Waals surface area (Å²) in [6.07, 6.45) is 1.79. The van der Waals surface area contributed by atoms with E-state index in [2.05, 4.69) is 43.5 Å². The molecule has 0 atom stereocenters. The fourth-order valence-electron chi connectivity index (χ4n) is 3.48. The lowest BCUT2D eigenvalue weighted by Crippen LogP contribution is -2.44. The number of fused-ring (bicyclic) bond motifs is 1. The van der Waals surface area contributed by atoms with Gasteiger partial charge in [-0.25, -0.2) is 4.98 Å². The number of nitrogens with zero attached hydrogens (tertiary/aromatic N) is 5. The first-order chi connectivity index (χ1) is 14.1. The Bertz CT molecular complexity index is 986. The fourth-order valence-corrected chi connectivity index (χ4v) is 3.64. The summed E-state index contributed by atoms with van der Waals surface area (Å²) in [6, 6.07) is 9.79. The second kappa shape index (κ2) is 8.80. The highest BCUT2D eigenvalue weighted by atomic mass is 35.5. The quantitative estimate of drug-likeness (QED) is 0.603. The van der Waals surface area contributed by atoms with Crippen LogP contribution < -0.4 is 15.5 Å². The average molecular weight is 412 g/mol. The van der Waals surface area contributed by atoms with Gasteiger partial charge in [-0.15, -0.1) is 0 Å². The van der Waals surface area contributed by atoms with Gasteiger partial charge in [-0.2, -0.15) is 4.98 Å². The molecule has 3 heterocycles. The van der Waals surface area contributed by atoms with Crippen LogP contribution in [0.5, 0.6) is 0 Å². The number of aryl methyl sites for hydroxylation is 1. The Hall–Kier alpha value is -2.64. The Labute approximate surface area is 176 Å². The number of benzene rings is 1. The van der Waals surface area contributed by atoms with Gasteiger partial charge in [0.2, 0.25) is 5.95 Å². The number of likely N-dealkylation sites (N-methyl/N-ethyl adjacent to an activating group) is 1. The molecule has 0 amide bonds. The summed E-state index contributed by atoms with van der Waals surface area (Å²) in [5.41, 5.74) is 2.90. The number of aromatic nitrogens is 3. The number of anilines is 3. The van der Waals surface area contributed by atoms with Crippen molar-refractivity contribution in [2.45, 2.75) is 6.92 Å². The Balaban J connectivity index is 1.36. The van der Waals surface area contributed by atoms with E-state index in [0.717, 1.165) is 60.8 Å². The maximum atomic E-state index is 6.06. The lowest BCUT2D eigenvalue weighted by atomic mass is 10.2. The highest BCUT2D eigenvalue weighted by Gasteiger charge is 2.16. The molecule has 3 aromatic rings. The molecule has 152 valence electrons. The summed E-state index contributed by atoms with van der Waals surface area (Å²) in [7, 11) is 2.16. The molecule has 0 aliphatic carbocycles. The van der Waals surface area contributed by atoms with Crippen LogP contribution in [0.15, 0.2) is 36.5 Å². The number of halogens is 1. The van der Waals surface area contributed by atoms with E-state index in [1.807, 2.05) is 31.2 Å². The Morgan fingerprint density at radius 1 is 1.00 bits per heavy atom. The molecule has 0 bridgehead atoms. The number of pyridine rings is 1. The maximum Gasteiger partial charge on any atom is 0.224 e. The van der Waals surface area contributed by atoms with Crippen LogP contribution in [0.2, 0.25) is 5.02 Å². The third-order valence-electron chi connectivity index (χ3n) is 5.10. The van der Waals surface area contributed by atoms with Gasteiger partial charge in [0.15, 0.2) is 0 Å². The lowest BCUT2D eigenvalue weighted by Gasteiger charge is -2.33. The number of piperazine rings is 1. The van der Waals surface area contributed by atoms with Gasteiger partial charge in [-0.1, -0.05) is 11.6 Å². The van der Waals surface area contributed by atoms with E-state index in [4.69, 9.17) is 16.6 Å². The highest BCUT2D eigenvalue weighted by Crippen LogP contribution is 2.24. The second-order valence-corrected chi connectivity index (χ2v) is 7.79. The third-order valence-corrected chi connectivity index (χ3v) is 5.33. The van der Waals surface area contributed by atoms with E-state index < -0.39 is 0 Å². The molecule has 7 nitrogen and oxygen atoms in total. The molecular formula is C21H26ClN7. The van der Waals surface area contributed by atoms with Crippen LogP contribution in [0.25, 0.3) is 10.9 Å². The van der Waals surface area contributed by atoms with Crippen molar-refractivity contribution in [1.29, 1.82) is 0 Å². The summed E-state index contributed by atoms with van der Waals surface area (Å²) in [6.45, 7) is 7.56. The predicted molar refractivity (Wildman–Crippen MR) is 120 cm³/mol. The first kappa shape index (κ1) is 19.7. The van der Waals surface area contributed by atoms with Gasteiger partial charge in [0.25, 0.3) is 0 Å². The SMILES string of the molecule is Cc1cc(N2CCN(C)CC2)nc(NCCNc2ccnc3cc(Cl)ccc23)n1. The van der Waals surface area contributed by atoms with Crippen LogP contribution in [-0.2, 0) is 0 Å². The summed E-state index contributed by atoms with van der Waals surface area (Å²) < 4.78 is 0. The summed E-state index contributed by atoms with van der Waals surface area (Å²) in [5, 5.41) is 8.55. The minimum absolute atomic E-state index is 0.673. The van der Waals surface area contributed by atoms with E-state index in [9.17, 15) is 0 Å². The van der Waals surface area contributed by atoms with Crippen LogP contribution in [0.3, 0.4) is 0 Å². The molecule has 0 spiro atoms. The van der Waals surface area contributed by atoms with Gasteiger partial charge in [0.05, 0.1) is 5.52 Å². The van der Waals surface area contributed by atoms with Crippen LogP contribution in [0, 0.1) is 6.92 Å². The van der Waals surface area contributed by atoms with Crippen molar-refractivity contribution >= 4 is 40.0 Å². The van der Waals surface area contributed by atoms with Crippen molar-refractivity contribution in [1.82, 2.24) is 19.9 Å². The zero-order valence-electron chi connectivity index (χ0n) is 16.8. The molecule has 0 unspecified atom stereocenters. The van der Waals surface area contributed by atoms with Gasteiger partial charge in [-0.05, 0) is 38.2 Å². The molecule has 2 aromatic heterocycles. The smallest absolute Gasteiger partial charge is 0.224 e. The normalized spacial score (nSPS) is 14.9. The van der Waals surface area contributed by atoms with Crippen LogP contribution >= 0.6 is 11.6 Å². The Kier molecular flexibility index (Phi) is 5.97. The van der Waals surface area contributed by atoms with Crippen LogP contribution in [0.1, 0.15) is 5.69 Å². The third kappa shape index (κ3) is 4.86. The number of nitrogens with one attached hydrogen (secondary N) is 2. The van der Waals surface area contributed by atoms with Gasteiger partial charge in [0.1, 0.15) is 5.82 Å². The van der Waals surface area contributed by atoms with Gasteiger partial charge in [0, 0.05) is 73.3 Å². The van der Waals surface area contributed by atoms with E-state index >= 15 is 0 Å². The van der Waals surface area contributed by atoms with Gasteiger partial charge in [-0.3, -0.25) is 4.98 Å². The zero-order chi connectivity index (χ0) is 20.2. The molecule has 0 saturated carbocycles. The second-order valence-electron chi connectivity index (χ2n) is 7.35. The molecule has 1 fully saturated rings. The fraction of sp³-hybridized carbons (Fsp3) is 0.381. The summed E-state index contributed by atoms with van der Waals surface area (Å²) in [4.78, 5) is 18.3. The number of hydrogen-bond acceptors (Lipinski definition) is 7. The monoisotopic (exact) mass is 411 g/mol. The summed E-state index contributed by atoms with van der Waals surface area (Å²) >= 11 is 6.06. The lowest BCUT2D eigenvalue weighted by molar-refractivity contribution is 0.312. The minimum atomic E-state index is 0.673. The molecule has 1 aliphatic rings. The molecule has 1 aliphatic heterocycles. The molecule has 4 rings (SSSR count). The molecule has 1 aromatic carbocycles. The van der Waals surface area contributed by atoms with E-state index in [0.29, 0.717) is 17.5 Å². The van der Waals surface area contributed by atoms with Crippen molar-refractivity contribution in [2.75, 3.05) is 61.8 Å². The van der Waals surface area contributed by atoms with Gasteiger partial charge >= 0.3 is 0 Å². The molecule has 8 heteroatoms. The largest absolute Gasteiger partial charge is 0.383 e. The predicted octanol–water partition coefficient (Wildman–Crippen LogP) is 3.26. The van der Waals surface area contributed by atoms with Crippen molar-refractivity contribution in [3.63, 3.8) is 0 Å². The maximum absolute atomic E-state index is 6.06. The number of hydrogen-bond donors (Lipinski definition) is 2. The minimum Gasteiger partial charge on any atom is -0.383 e. The topological polar surface area (TPSA) is 69.2 Å². The van der Waals surface area contributed by atoms with Crippen molar-refractivity contribution in [2.24, 2.45) is 0 Å². The van der Waals surface area contributed by atoms with Gasteiger partial charge < -0.3 is 20.4 Å². The average Bonchev–Trinajstić information content (AvgIpc) is 2.71. The zero-order valence-corrected chi connectivity index (χ0v) is 17.6. The molecular weight excluding hydrogens is 386 g/mol. The Morgan fingerprint density at radius 2 is 1.79 bits per heavy atom. The molecule has 2 N–H and O–H groups in total. The van der Waals surface area contributed by atoms with E-state index in [1.54, 1.807) is 6.20 Å².